The third kappa shape index (κ3) is 0.617. The van der Waals surface area contributed by atoms with Crippen LogP contribution in [-0.4, -0.2) is 14.8 Å². The summed E-state index contributed by atoms with van der Waals surface area (Å²) in [5.74, 6) is 0. The molecule has 0 aromatic carbocycles. The fourth-order valence-corrected chi connectivity index (χ4v) is 0.366. The second kappa shape index (κ2) is 1.77. The monoisotopic (exact) mass is 117 g/mol. The van der Waals surface area contributed by atoms with E-state index in [1.54, 1.807) is 0 Å². The van der Waals surface area contributed by atoms with E-state index in [9.17, 15) is 9.18 Å². The molecule has 0 aliphatic heterocycles. The normalized spacial score (nSPS) is 9.62. The van der Waals surface area contributed by atoms with Crippen LogP contribution < -0.4 is 5.69 Å². The van der Waals surface area contributed by atoms with Gasteiger partial charge in [-0.3, -0.25) is 4.98 Å². The summed E-state index contributed by atoms with van der Waals surface area (Å²) < 4.78 is 12.2. The largest absolute Gasteiger partial charge is 0.345 e. The van der Waals surface area contributed by atoms with Crippen LogP contribution >= 0.6 is 0 Å². The Kier molecular flexibility index (Phi) is 1.11. The van der Waals surface area contributed by atoms with E-state index in [0.29, 0.717) is 4.68 Å². The lowest BCUT2D eigenvalue weighted by atomic mass is 11.1. The van der Waals surface area contributed by atoms with Crippen molar-refractivity contribution in [3.63, 3.8) is 0 Å². The van der Waals surface area contributed by atoms with E-state index in [4.69, 9.17) is 0 Å². The van der Waals surface area contributed by atoms with Crippen LogP contribution in [0.4, 0.5) is 4.39 Å². The lowest BCUT2D eigenvalue weighted by Crippen LogP contribution is -2.15. The van der Waals surface area contributed by atoms with Gasteiger partial charge in [-0.25, -0.2) is 9.18 Å². The first-order chi connectivity index (χ1) is 3.84. The third-order valence-corrected chi connectivity index (χ3v) is 0.733. The topological polar surface area (TPSA) is 50.7 Å². The van der Waals surface area contributed by atoms with Crippen molar-refractivity contribution in [2.24, 2.45) is 0 Å². The molecular weight excluding hydrogens is 113 g/mol. The van der Waals surface area contributed by atoms with E-state index < -0.39 is 12.5 Å². The number of aromatic nitrogens is 3. The highest BCUT2D eigenvalue weighted by Crippen LogP contribution is 1.70. The number of halogens is 1. The van der Waals surface area contributed by atoms with Gasteiger partial charge in [-0.15, -0.1) is 0 Å². The molecule has 1 aromatic heterocycles. The highest BCUT2D eigenvalue weighted by atomic mass is 19.1. The Bertz CT molecular complexity index is 214. The molecule has 0 atom stereocenters. The summed E-state index contributed by atoms with van der Waals surface area (Å²) in [7, 11) is 0. The molecule has 0 bridgehead atoms. The summed E-state index contributed by atoms with van der Waals surface area (Å²) in [6, 6.07) is 0. The molecule has 0 amide bonds. The molecular formula is C3H4FN3O. The molecule has 1 rings (SSSR count). The van der Waals surface area contributed by atoms with Crippen molar-refractivity contribution in [1.29, 1.82) is 0 Å². The van der Waals surface area contributed by atoms with Gasteiger partial charge < -0.3 is 0 Å². The van der Waals surface area contributed by atoms with E-state index in [1.165, 1.54) is 0 Å². The summed E-state index contributed by atoms with van der Waals surface area (Å²) in [4.78, 5) is 12.4. The lowest BCUT2D eigenvalue weighted by molar-refractivity contribution is 0.341. The number of nitrogens with zero attached hydrogens (tertiary/aromatic N) is 2. The first-order valence-corrected chi connectivity index (χ1v) is 2.01. The van der Waals surface area contributed by atoms with Crippen molar-refractivity contribution in [3.05, 3.63) is 16.8 Å². The molecule has 0 unspecified atom stereocenters. The van der Waals surface area contributed by atoms with Crippen molar-refractivity contribution in [1.82, 2.24) is 14.8 Å². The van der Waals surface area contributed by atoms with Gasteiger partial charge in [-0.1, -0.05) is 0 Å². The quantitative estimate of drug-likeness (QED) is 0.539. The maximum Gasteiger partial charge on any atom is 0.345 e. The van der Waals surface area contributed by atoms with Crippen LogP contribution in [0, 0.1) is 0 Å². The van der Waals surface area contributed by atoms with Gasteiger partial charge in [0.25, 0.3) is 0 Å². The number of H-pyrrole nitrogens is 1. The van der Waals surface area contributed by atoms with E-state index >= 15 is 0 Å². The zero-order valence-electron chi connectivity index (χ0n) is 3.97. The van der Waals surface area contributed by atoms with Crippen molar-refractivity contribution in [3.8, 4) is 0 Å². The third-order valence-electron chi connectivity index (χ3n) is 0.733. The summed E-state index contributed by atoms with van der Waals surface area (Å²) in [6.45, 7) is -0.873. The standard InChI is InChI=1S/C3H4FN3O/c4-1-7-3(8)5-2-6-7/h2H,1H2,(H,5,6,8). The highest BCUT2D eigenvalue weighted by molar-refractivity contribution is 4.55. The summed E-state index contributed by atoms with van der Waals surface area (Å²) in [5, 5.41) is 3.31. The predicted molar refractivity (Wildman–Crippen MR) is 24.0 cm³/mol. The van der Waals surface area contributed by atoms with Crippen LogP contribution in [0.1, 0.15) is 0 Å². The van der Waals surface area contributed by atoms with E-state index in [2.05, 4.69) is 10.1 Å². The Hall–Kier alpha value is -1.13. The second-order valence-electron chi connectivity index (χ2n) is 1.21. The minimum Gasteiger partial charge on any atom is -0.295 e. The molecule has 0 aliphatic carbocycles. The molecule has 1 aromatic rings. The predicted octanol–water partition coefficient (Wildman–Crippen LogP) is -0.502. The van der Waals surface area contributed by atoms with Gasteiger partial charge in [-0.05, 0) is 0 Å². The Morgan fingerprint density at radius 2 is 2.75 bits per heavy atom. The Balaban J connectivity index is 3.11. The minimum atomic E-state index is -0.873. The zero-order valence-corrected chi connectivity index (χ0v) is 3.97. The van der Waals surface area contributed by atoms with Gasteiger partial charge in [-0.2, -0.15) is 9.78 Å². The van der Waals surface area contributed by atoms with Crippen molar-refractivity contribution in [2.75, 3.05) is 0 Å². The number of aromatic amines is 1. The van der Waals surface area contributed by atoms with Gasteiger partial charge in [0.2, 0.25) is 0 Å². The molecule has 44 valence electrons. The first-order valence-electron chi connectivity index (χ1n) is 2.01. The van der Waals surface area contributed by atoms with Crippen molar-refractivity contribution >= 4 is 0 Å². The Morgan fingerprint density at radius 3 is 3.00 bits per heavy atom. The maximum absolute atomic E-state index is 11.5. The molecule has 1 N–H and O–H groups in total. The zero-order chi connectivity index (χ0) is 5.98. The number of alkyl halides is 1. The molecule has 0 aliphatic rings. The molecule has 1 heterocycles. The molecule has 0 saturated heterocycles. The number of hydrogen-bond acceptors (Lipinski definition) is 2. The van der Waals surface area contributed by atoms with Gasteiger partial charge in [0.15, 0.2) is 6.80 Å². The van der Waals surface area contributed by atoms with Crippen LogP contribution in [0.15, 0.2) is 11.1 Å². The second-order valence-corrected chi connectivity index (χ2v) is 1.21. The van der Waals surface area contributed by atoms with Gasteiger partial charge in [0, 0.05) is 0 Å². The van der Waals surface area contributed by atoms with E-state index in [-0.39, 0.29) is 0 Å². The Labute approximate surface area is 44.0 Å². The van der Waals surface area contributed by atoms with Gasteiger partial charge >= 0.3 is 5.69 Å². The molecule has 0 radical (unpaired) electrons. The Morgan fingerprint density at radius 1 is 2.00 bits per heavy atom. The van der Waals surface area contributed by atoms with Crippen LogP contribution in [-0.2, 0) is 6.80 Å². The number of rotatable bonds is 1. The average Bonchev–Trinajstić information content (AvgIpc) is 2.14. The maximum atomic E-state index is 11.5. The van der Waals surface area contributed by atoms with Crippen LogP contribution in [0.3, 0.4) is 0 Å². The summed E-state index contributed by atoms with van der Waals surface area (Å²) in [5.41, 5.74) is -0.521. The fraction of sp³-hybridized carbons (Fsp3) is 0.333. The number of nitrogens with one attached hydrogen (secondary N) is 1. The minimum absolute atomic E-state index is 0.521. The van der Waals surface area contributed by atoms with E-state index in [0.717, 1.165) is 6.33 Å². The molecule has 0 saturated carbocycles. The van der Waals surface area contributed by atoms with Crippen molar-refractivity contribution < 1.29 is 4.39 Å². The summed E-state index contributed by atoms with van der Waals surface area (Å²) in [6.07, 6.45) is 1.14. The molecule has 5 heteroatoms. The fourth-order valence-electron chi connectivity index (χ4n) is 0.366. The van der Waals surface area contributed by atoms with Crippen LogP contribution in [0.2, 0.25) is 0 Å². The molecule has 8 heavy (non-hydrogen) atoms. The SMILES string of the molecule is O=c1[nH]cnn1CF. The summed E-state index contributed by atoms with van der Waals surface area (Å²) >= 11 is 0. The van der Waals surface area contributed by atoms with Gasteiger partial charge in [0.05, 0.1) is 0 Å². The highest BCUT2D eigenvalue weighted by Gasteiger charge is 1.90. The smallest absolute Gasteiger partial charge is 0.295 e. The average molecular weight is 117 g/mol. The van der Waals surface area contributed by atoms with Crippen LogP contribution in [0.5, 0.6) is 0 Å². The molecule has 4 nitrogen and oxygen atoms in total. The number of hydrogen-bond donors (Lipinski definition) is 1. The van der Waals surface area contributed by atoms with Crippen LogP contribution in [0.25, 0.3) is 0 Å². The molecule has 0 fully saturated rings. The van der Waals surface area contributed by atoms with Gasteiger partial charge in [0.1, 0.15) is 6.33 Å². The van der Waals surface area contributed by atoms with Crippen molar-refractivity contribution in [2.45, 2.75) is 6.80 Å². The molecule has 0 spiro atoms. The van der Waals surface area contributed by atoms with E-state index in [1.807, 2.05) is 0 Å². The first kappa shape index (κ1) is 5.02. The lowest BCUT2D eigenvalue weighted by Gasteiger charge is -1.81.